The van der Waals surface area contributed by atoms with Gasteiger partial charge in [-0.1, -0.05) is 23.2 Å². The van der Waals surface area contributed by atoms with Gasteiger partial charge in [0.15, 0.2) is 0 Å². The Kier molecular flexibility index (Phi) is 5.91. The lowest BCUT2D eigenvalue weighted by Crippen LogP contribution is -2.31. The van der Waals surface area contributed by atoms with Gasteiger partial charge in [-0.25, -0.2) is 9.10 Å². The SMILES string of the molecule is Cc1ccc(Nc2c(SN3CCOCC3)cnc3ccc(Cl)cc23)c(C(=O)O)c1. The third-order valence-corrected chi connectivity index (χ3v) is 6.02. The lowest BCUT2D eigenvalue weighted by Gasteiger charge is -2.26. The summed E-state index contributed by atoms with van der Waals surface area (Å²) in [6.07, 6.45) is 1.81. The summed E-state index contributed by atoms with van der Waals surface area (Å²) in [5, 5.41) is 14.4. The molecule has 0 bridgehead atoms. The smallest absolute Gasteiger partial charge is 0.337 e. The molecule has 2 heterocycles. The van der Waals surface area contributed by atoms with Gasteiger partial charge in [0.25, 0.3) is 0 Å². The maximum absolute atomic E-state index is 11.8. The molecule has 150 valence electrons. The molecule has 2 N–H and O–H groups in total. The number of carboxylic acids is 1. The number of hydrogen-bond acceptors (Lipinski definition) is 6. The van der Waals surface area contributed by atoms with Crippen molar-refractivity contribution in [1.29, 1.82) is 0 Å². The van der Waals surface area contributed by atoms with Crippen molar-refractivity contribution in [3.05, 3.63) is 58.7 Å². The zero-order chi connectivity index (χ0) is 20.4. The highest BCUT2D eigenvalue weighted by Gasteiger charge is 2.19. The van der Waals surface area contributed by atoms with Crippen molar-refractivity contribution in [2.75, 3.05) is 31.6 Å². The molecule has 1 aliphatic rings. The summed E-state index contributed by atoms with van der Waals surface area (Å²) in [7, 11) is 0. The van der Waals surface area contributed by atoms with Gasteiger partial charge in [-0.2, -0.15) is 0 Å². The Balaban J connectivity index is 1.81. The fraction of sp³-hybridized carbons (Fsp3) is 0.238. The lowest BCUT2D eigenvalue weighted by molar-refractivity contribution is 0.0698. The van der Waals surface area contributed by atoms with Gasteiger partial charge in [-0.15, -0.1) is 0 Å². The van der Waals surface area contributed by atoms with Gasteiger partial charge in [0.1, 0.15) is 0 Å². The number of hydrogen-bond donors (Lipinski definition) is 2. The Labute approximate surface area is 178 Å². The van der Waals surface area contributed by atoms with Crippen molar-refractivity contribution in [3.63, 3.8) is 0 Å². The molecular weight excluding hydrogens is 410 g/mol. The molecule has 0 unspecified atom stereocenters. The van der Waals surface area contributed by atoms with Crippen molar-refractivity contribution in [2.45, 2.75) is 11.8 Å². The zero-order valence-corrected chi connectivity index (χ0v) is 17.4. The van der Waals surface area contributed by atoms with Gasteiger partial charge < -0.3 is 15.2 Å². The molecule has 8 heteroatoms. The number of aromatic carboxylic acids is 1. The van der Waals surface area contributed by atoms with E-state index in [9.17, 15) is 9.90 Å². The Morgan fingerprint density at radius 3 is 2.79 bits per heavy atom. The number of aryl methyl sites for hydroxylation is 1. The third-order valence-electron chi connectivity index (χ3n) is 4.66. The number of fused-ring (bicyclic) bond motifs is 1. The van der Waals surface area contributed by atoms with Crippen LogP contribution < -0.4 is 5.32 Å². The fourth-order valence-corrected chi connectivity index (χ4v) is 4.33. The first kappa shape index (κ1) is 20.0. The van der Waals surface area contributed by atoms with Crippen LogP contribution in [0.15, 0.2) is 47.5 Å². The number of benzene rings is 2. The molecule has 2 aromatic carbocycles. The number of rotatable bonds is 5. The number of nitrogens with zero attached hydrogens (tertiary/aromatic N) is 2. The van der Waals surface area contributed by atoms with Crippen LogP contribution in [0.5, 0.6) is 0 Å². The van der Waals surface area contributed by atoms with Gasteiger partial charge in [-0.3, -0.25) is 4.98 Å². The second-order valence-corrected chi connectivity index (χ2v) is 8.35. The second kappa shape index (κ2) is 8.59. The van der Waals surface area contributed by atoms with E-state index in [1.807, 2.05) is 31.3 Å². The van der Waals surface area contributed by atoms with Gasteiger partial charge in [0.2, 0.25) is 0 Å². The van der Waals surface area contributed by atoms with E-state index in [0.29, 0.717) is 23.9 Å². The van der Waals surface area contributed by atoms with Gasteiger partial charge in [0.05, 0.1) is 40.6 Å². The highest BCUT2D eigenvalue weighted by molar-refractivity contribution is 7.97. The standard InChI is InChI=1S/C21H20ClN3O3S/c1-13-2-4-18(16(10-13)21(26)27)24-20-15-11-14(22)3-5-17(15)23-12-19(20)29-25-6-8-28-9-7-25/h2-5,10-12H,6-9H2,1H3,(H,23,24)(H,26,27). The van der Waals surface area contributed by atoms with E-state index in [4.69, 9.17) is 16.3 Å². The Morgan fingerprint density at radius 1 is 1.24 bits per heavy atom. The second-order valence-electron chi connectivity index (χ2n) is 6.77. The summed E-state index contributed by atoms with van der Waals surface area (Å²) in [4.78, 5) is 17.3. The number of ether oxygens (including phenoxy) is 1. The number of nitrogens with one attached hydrogen (secondary N) is 1. The van der Waals surface area contributed by atoms with Gasteiger partial charge in [-0.05, 0) is 49.2 Å². The van der Waals surface area contributed by atoms with Crippen LogP contribution in [0.2, 0.25) is 5.02 Å². The van der Waals surface area contributed by atoms with Crippen molar-refractivity contribution in [3.8, 4) is 0 Å². The minimum Gasteiger partial charge on any atom is -0.478 e. The first-order valence-electron chi connectivity index (χ1n) is 9.21. The highest BCUT2D eigenvalue weighted by Crippen LogP contribution is 2.38. The molecule has 29 heavy (non-hydrogen) atoms. The topological polar surface area (TPSA) is 74.7 Å². The summed E-state index contributed by atoms with van der Waals surface area (Å²) in [6.45, 7) is 4.86. The van der Waals surface area contributed by atoms with E-state index in [2.05, 4.69) is 14.6 Å². The number of carboxylic acid groups (broad SMARTS) is 1. The van der Waals surface area contributed by atoms with Gasteiger partial charge >= 0.3 is 5.97 Å². The van der Waals surface area contributed by atoms with Gasteiger partial charge in [0, 0.05) is 29.7 Å². The van der Waals surface area contributed by atoms with Crippen LogP contribution in [0.4, 0.5) is 11.4 Å². The fourth-order valence-electron chi connectivity index (χ4n) is 3.20. The molecule has 1 aliphatic heterocycles. The number of aromatic nitrogens is 1. The Bertz CT molecular complexity index is 1070. The van der Waals surface area contributed by atoms with E-state index in [1.54, 1.807) is 30.1 Å². The number of morpholine rings is 1. The van der Waals surface area contributed by atoms with Crippen molar-refractivity contribution >= 4 is 51.8 Å². The minimum absolute atomic E-state index is 0.222. The molecule has 1 saturated heterocycles. The third kappa shape index (κ3) is 4.48. The molecule has 1 aromatic heterocycles. The number of anilines is 2. The van der Waals surface area contributed by atoms with E-state index in [0.717, 1.165) is 40.1 Å². The first-order valence-corrected chi connectivity index (χ1v) is 10.4. The van der Waals surface area contributed by atoms with Crippen molar-refractivity contribution < 1.29 is 14.6 Å². The molecule has 0 spiro atoms. The lowest BCUT2D eigenvalue weighted by atomic mass is 10.1. The average Bonchev–Trinajstić information content (AvgIpc) is 2.71. The van der Waals surface area contributed by atoms with Crippen molar-refractivity contribution in [1.82, 2.24) is 9.29 Å². The zero-order valence-electron chi connectivity index (χ0n) is 15.8. The number of carbonyl (C=O) groups is 1. The van der Waals surface area contributed by atoms with Crippen LogP contribution in [0.1, 0.15) is 15.9 Å². The molecule has 6 nitrogen and oxygen atoms in total. The molecule has 3 aromatic rings. The van der Waals surface area contributed by atoms with E-state index >= 15 is 0 Å². The predicted octanol–water partition coefficient (Wildman–Crippen LogP) is 4.98. The largest absolute Gasteiger partial charge is 0.478 e. The van der Waals surface area contributed by atoms with Crippen molar-refractivity contribution in [2.24, 2.45) is 0 Å². The molecule has 0 radical (unpaired) electrons. The molecule has 1 fully saturated rings. The molecular formula is C21H20ClN3O3S. The normalized spacial score (nSPS) is 14.8. The first-order chi connectivity index (χ1) is 14.0. The number of pyridine rings is 1. The quantitative estimate of drug-likeness (QED) is 0.554. The van der Waals surface area contributed by atoms with Crippen LogP contribution >= 0.6 is 23.5 Å². The van der Waals surface area contributed by atoms with Crippen LogP contribution in [0, 0.1) is 6.92 Å². The summed E-state index contributed by atoms with van der Waals surface area (Å²) in [5.41, 5.74) is 3.21. The monoisotopic (exact) mass is 429 g/mol. The Hall–Kier alpha value is -2.32. The maximum atomic E-state index is 11.8. The predicted molar refractivity (Wildman–Crippen MR) is 116 cm³/mol. The summed E-state index contributed by atoms with van der Waals surface area (Å²) < 4.78 is 7.65. The maximum Gasteiger partial charge on any atom is 0.337 e. The number of halogens is 1. The van der Waals surface area contributed by atoms with Crippen LogP contribution in [0.3, 0.4) is 0 Å². The molecule has 0 aliphatic carbocycles. The average molecular weight is 430 g/mol. The van der Waals surface area contributed by atoms with E-state index in [1.165, 1.54) is 0 Å². The molecule has 4 rings (SSSR count). The summed E-state index contributed by atoms with van der Waals surface area (Å²) in [6, 6.07) is 10.8. The van der Waals surface area contributed by atoms with E-state index in [-0.39, 0.29) is 5.56 Å². The Morgan fingerprint density at radius 2 is 2.03 bits per heavy atom. The minimum atomic E-state index is -0.977. The van der Waals surface area contributed by atoms with Crippen LogP contribution in [-0.4, -0.2) is 46.7 Å². The van der Waals surface area contributed by atoms with Crippen LogP contribution in [-0.2, 0) is 4.74 Å². The van der Waals surface area contributed by atoms with E-state index < -0.39 is 5.97 Å². The molecule has 0 saturated carbocycles. The summed E-state index contributed by atoms with van der Waals surface area (Å²) in [5.74, 6) is -0.977. The highest BCUT2D eigenvalue weighted by atomic mass is 35.5. The molecule has 0 atom stereocenters. The molecule has 0 amide bonds. The van der Waals surface area contributed by atoms with Crippen LogP contribution in [0.25, 0.3) is 10.9 Å². The summed E-state index contributed by atoms with van der Waals surface area (Å²) >= 11 is 7.84.